The lowest BCUT2D eigenvalue weighted by molar-refractivity contribution is 0.670. The molecule has 0 fully saturated rings. The van der Waals surface area contributed by atoms with Gasteiger partial charge >= 0.3 is 0 Å². The molecule has 71 heavy (non-hydrogen) atoms. The summed E-state index contributed by atoms with van der Waals surface area (Å²) in [5, 5.41) is 6.72. The molecule has 0 aliphatic heterocycles. The van der Waals surface area contributed by atoms with Crippen LogP contribution >= 0.6 is 0 Å². The van der Waals surface area contributed by atoms with E-state index in [0.717, 1.165) is 99.9 Å². The third kappa shape index (κ3) is 7.86. The summed E-state index contributed by atoms with van der Waals surface area (Å²) in [6.07, 6.45) is 0. The summed E-state index contributed by atoms with van der Waals surface area (Å²) < 4.78 is 6.86. The van der Waals surface area contributed by atoms with E-state index in [4.69, 9.17) is 4.42 Å². The van der Waals surface area contributed by atoms with Gasteiger partial charge in [-0.25, -0.2) is 0 Å². The average molecular weight is 907 g/mol. The number of nitrogens with zero attached hydrogens (tertiary/aromatic N) is 2. The van der Waals surface area contributed by atoms with Gasteiger partial charge in [-0.2, -0.15) is 0 Å². The van der Waals surface area contributed by atoms with Gasteiger partial charge in [0.2, 0.25) is 0 Å². The molecule has 3 nitrogen and oxygen atoms in total. The molecule has 0 amide bonds. The normalized spacial score (nSPS) is 11.4. The molecule has 3 heteroatoms. The maximum atomic E-state index is 6.86. The van der Waals surface area contributed by atoms with Crippen molar-refractivity contribution >= 4 is 77.6 Å². The Morgan fingerprint density at radius 2 is 0.577 bits per heavy atom. The van der Waals surface area contributed by atoms with Gasteiger partial charge in [0.15, 0.2) is 0 Å². The van der Waals surface area contributed by atoms with E-state index in [1.54, 1.807) is 0 Å². The monoisotopic (exact) mass is 906 g/mol. The molecule has 13 rings (SSSR count). The van der Waals surface area contributed by atoms with Crippen molar-refractivity contribution < 1.29 is 4.42 Å². The number of anilines is 6. The Morgan fingerprint density at radius 3 is 1.00 bits per heavy atom. The lowest BCUT2D eigenvalue weighted by Gasteiger charge is -2.28. The van der Waals surface area contributed by atoms with Gasteiger partial charge in [-0.3, -0.25) is 0 Å². The molecule has 1 heterocycles. The molecule has 0 saturated carbocycles. The van der Waals surface area contributed by atoms with Gasteiger partial charge in [0.25, 0.3) is 0 Å². The first kappa shape index (κ1) is 41.7. The number of furan rings is 1. The summed E-state index contributed by atoms with van der Waals surface area (Å²) in [4.78, 5) is 4.78. The Balaban J connectivity index is 0.933. The molecular formula is C68H46N2O. The molecule has 0 N–H and O–H groups in total. The van der Waals surface area contributed by atoms with Crippen LogP contribution in [0.5, 0.6) is 0 Å². The van der Waals surface area contributed by atoms with Crippen molar-refractivity contribution in [3.63, 3.8) is 0 Å². The summed E-state index contributed by atoms with van der Waals surface area (Å²) in [5.74, 6) is 0. The van der Waals surface area contributed by atoms with E-state index >= 15 is 0 Å². The lowest BCUT2D eigenvalue weighted by Crippen LogP contribution is -2.11. The first-order chi connectivity index (χ1) is 35.2. The van der Waals surface area contributed by atoms with Gasteiger partial charge in [0.05, 0.1) is 11.4 Å². The molecule has 0 bridgehead atoms. The van der Waals surface area contributed by atoms with Crippen molar-refractivity contribution in [3.8, 4) is 44.5 Å². The van der Waals surface area contributed by atoms with Crippen LogP contribution < -0.4 is 9.80 Å². The van der Waals surface area contributed by atoms with Gasteiger partial charge in [-0.15, -0.1) is 0 Å². The summed E-state index contributed by atoms with van der Waals surface area (Å²) in [6, 6.07) is 100. The van der Waals surface area contributed by atoms with E-state index in [2.05, 4.69) is 289 Å². The van der Waals surface area contributed by atoms with Crippen LogP contribution in [0.1, 0.15) is 0 Å². The van der Waals surface area contributed by atoms with Crippen molar-refractivity contribution in [2.45, 2.75) is 0 Å². The fourth-order valence-electron chi connectivity index (χ4n) is 10.3. The number of hydrogen-bond donors (Lipinski definition) is 0. The van der Waals surface area contributed by atoms with Crippen LogP contribution in [0.25, 0.3) is 88.0 Å². The quantitative estimate of drug-likeness (QED) is 0.136. The molecule has 0 saturated heterocycles. The van der Waals surface area contributed by atoms with Gasteiger partial charge < -0.3 is 14.2 Å². The fourth-order valence-corrected chi connectivity index (χ4v) is 10.3. The van der Waals surface area contributed by atoms with E-state index in [1.165, 1.54) is 22.3 Å². The van der Waals surface area contributed by atoms with Crippen LogP contribution in [0.3, 0.4) is 0 Å². The number of benzene rings is 12. The zero-order valence-corrected chi connectivity index (χ0v) is 38.9. The SMILES string of the molecule is c1ccc(-c2cccc(N(c3ccc4cc5c(cc4c3)oc3cc4cc(N(c6cccc(-c7ccccc7)c6)c6ccccc6-c6ccccc6)ccc4cc35)c3ccccc3-c3ccccc3)c2)cc1. The minimum absolute atomic E-state index is 0.860. The Hall–Kier alpha value is -9.44. The topological polar surface area (TPSA) is 19.6 Å². The van der Waals surface area contributed by atoms with Crippen LogP contribution in [0, 0.1) is 0 Å². The van der Waals surface area contributed by atoms with Gasteiger partial charge in [-0.1, -0.05) is 194 Å². The Bertz CT molecular complexity index is 3790. The molecule has 0 spiro atoms. The smallest absolute Gasteiger partial charge is 0.136 e. The zero-order chi connectivity index (χ0) is 47.1. The van der Waals surface area contributed by atoms with Crippen LogP contribution in [-0.4, -0.2) is 0 Å². The van der Waals surface area contributed by atoms with Crippen molar-refractivity contribution in [1.82, 2.24) is 0 Å². The largest absolute Gasteiger partial charge is 0.456 e. The molecule has 13 aromatic rings. The molecule has 0 aliphatic rings. The molecule has 1 aromatic heterocycles. The first-order valence-corrected chi connectivity index (χ1v) is 24.2. The van der Waals surface area contributed by atoms with Crippen molar-refractivity contribution in [2.75, 3.05) is 9.80 Å². The van der Waals surface area contributed by atoms with Gasteiger partial charge in [0, 0.05) is 44.6 Å². The zero-order valence-electron chi connectivity index (χ0n) is 38.9. The molecule has 0 radical (unpaired) electrons. The van der Waals surface area contributed by atoms with Gasteiger partial charge in [-0.05, 0) is 140 Å². The second kappa shape index (κ2) is 17.9. The maximum Gasteiger partial charge on any atom is 0.136 e. The number of para-hydroxylation sites is 2. The second-order valence-electron chi connectivity index (χ2n) is 18.1. The predicted molar refractivity (Wildman–Crippen MR) is 300 cm³/mol. The number of rotatable bonds is 10. The molecule has 334 valence electrons. The van der Waals surface area contributed by atoms with Crippen LogP contribution in [0.15, 0.2) is 283 Å². The highest BCUT2D eigenvalue weighted by molar-refractivity contribution is 6.14. The molecular weight excluding hydrogens is 861 g/mol. The van der Waals surface area contributed by atoms with Crippen LogP contribution in [-0.2, 0) is 0 Å². The van der Waals surface area contributed by atoms with Crippen molar-refractivity contribution in [3.05, 3.63) is 279 Å². The average Bonchev–Trinajstić information content (AvgIpc) is 3.79. The number of hydrogen-bond acceptors (Lipinski definition) is 3. The minimum Gasteiger partial charge on any atom is -0.456 e. The van der Waals surface area contributed by atoms with E-state index in [9.17, 15) is 0 Å². The van der Waals surface area contributed by atoms with E-state index in [1.807, 2.05) is 0 Å². The predicted octanol–water partition coefficient (Wildman–Crippen LogP) is 19.5. The van der Waals surface area contributed by atoms with E-state index in [-0.39, 0.29) is 0 Å². The Morgan fingerprint density at radius 1 is 0.225 bits per heavy atom. The van der Waals surface area contributed by atoms with Gasteiger partial charge in [0.1, 0.15) is 11.2 Å². The highest BCUT2D eigenvalue weighted by Gasteiger charge is 2.21. The van der Waals surface area contributed by atoms with E-state index in [0.29, 0.717) is 0 Å². The Labute approximate surface area is 413 Å². The third-order valence-electron chi connectivity index (χ3n) is 13.8. The molecule has 12 aromatic carbocycles. The summed E-state index contributed by atoms with van der Waals surface area (Å²) in [6.45, 7) is 0. The van der Waals surface area contributed by atoms with Crippen LogP contribution in [0.2, 0.25) is 0 Å². The minimum atomic E-state index is 0.860. The third-order valence-corrected chi connectivity index (χ3v) is 13.8. The van der Waals surface area contributed by atoms with Crippen molar-refractivity contribution in [2.24, 2.45) is 0 Å². The Kier molecular flexibility index (Phi) is 10.5. The molecule has 0 unspecified atom stereocenters. The summed E-state index contributed by atoms with van der Waals surface area (Å²) in [5.41, 5.74) is 17.5. The molecule has 0 aliphatic carbocycles. The highest BCUT2D eigenvalue weighted by atomic mass is 16.3. The van der Waals surface area contributed by atoms with Crippen LogP contribution in [0.4, 0.5) is 34.1 Å². The second-order valence-corrected chi connectivity index (χ2v) is 18.1. The highest BCUT2D eigenvalue weighted by Crippen LogP contribution is 2.46. The molecule has 0 atom stereocenters. The number of fused-ring (bicyclic) bond motifs is 5. The summed E-state index contributed by atoms with van der Waals surface area (Å²) >= 11 is 0. The van der Waals surface area contributed by atoms with E-state index < -0.39 is 0 Å². The standard InChI is InChI=1S/C68H46N2O/c1-5-19-47(20-6-1)51-27-17-29-57(39-51)69(65-33-15-13-31-61(65)49-23-9-3-10-24-49)59-37-35-53-43-63-64-44-54-36-38-60(42-56(54)46-68(64)71-67(63)45-55(53)41-59)70(58-30-18-28-52(40-58)48-21-7-2-8-22-48)66-34-16-14-32-62(66)50-25-11-4-12-26-50/h1-46H. The van der Waals surface area contributed by atoms with Crippen molar-refractivity contribution in [1.29, 1.82) is 0 Å². The lowest BCUT2D eigenvalue weighted by atomic mass is 9.99. The fraction of sp³-hybridized carbons (Fsp3) is 0. The maximum absolute atomic E-state index is 6.86. The first-order valence-electron chi connectivity index (χ1n) is 24.2. The summed E-state index contributed by atoms with van der Waals surface area (Å²) in [7, 11) is 0.